The molecule has 32 heavy (non-hydrogen) atoms. The molecule has 0 amide bonds. The van der Waals surface area contributed by atoms with Gasteiger partial charge in [0.2, 0.25) is 0 Å². The first-order valence-electron chi connectivity index (χ1n) is 8.57. The van der Waals surface area contributed by atoms with Crippen molar-refractivity contribution in [3.8, 4) is 0 Å². The molecule has 0 spiro atoms. The van der Waals surface area contributed by atoms with Crippen LogP contribution < -0.4 is 19.6 Å². The van der Waals surface area contributed by atoms with Gasteiger partial charge in [-0.2, -0.15) is 0 Å². The van der Waals surface area contributed by atoms with Gasteiger partial charge in [-0.25, -0.2) is 0 Å². The second-order valence-corrected chi connectivity index (χ2v) is 10.7. The molecule has 1 saturated carbocycles. The largest absolute Gasteiger partial charge is 0.756 e. The Kier molecular flexibility index (Phi) is 15.6. The maximum absolute atomic E-state index is 10.5. The van der Waals surface area contributed by atoms with Crippen LogP contribution in [0.5, 0.6) is 0 Å². The summed E-state index contributed by atoms with van der Waals surface area (Å²) in [6.07, 6.45) is -2.93. The topological polar surface area (TPSA) is 278 Å². The van der Waals surface area contributed by atoms with Crippen molar-refractivity contribution >= 4 is 31.3 Å². The standard InChI is InChI=1S/C6H14O8P2.C4H12O8P2.C2H4/c7-15(8,9)13-5-3-1-2-4-6(5)14-16(10,11)12;1-3(11-13(5,6)7)4(2)12-14(8,9)10;1-2/h5-6H,1-4H2,(H2,7,8,9)(H2,10,11,12);3-4H,1-2H3,(H2,5,6,7)(H2,8,9,10);1-2H2/p-4/t;3-,4+;. The van der Waals surface area contributed by atoms with Crippen LogP contribution in [0.25, 0.3) is 0 Å². The van der Waals surface area contributed by atoms with Crippen molar-refractivity contribution in [2.45, 2.75) is 63.9 Å². The van der Waals surface area contributed by atoms with Gasteiger partial charge in [0.15, 0.2) is 0 Å². The molecule has 1 rings (SSSR count). The number of phosphoric ester groups is 4. The van der Waals surface area contributed by atoms with E-state index in [0.717, 1.165) is 13.8 Å². The van der Waals surface area contributed by atoms with Crippen LogP contribution in [-0.4, -0.2) is 44.0 Å². The van der Waals surface area contributed by atoms with Crippen LogP contribution in [-0.2, 0) is 36.4 Å². The fraction of sp³-hybridized carbons (Fsp3) is 0.833. The number of hydrogen-bond acceptors (Lipinski definition) is 12. The summed E-state index contributed by atoms with van der Waals surface area (Å²) in [7, 11) is -19.8. The van der Waals surface area contributed by atoms with Gasteiger partial charge in [-0.3, -0.25) is 18.3 Å². The highest BCUT2D eigenvalue weighted by atomic mass is 31.2. The molecule has 16 nitrogen and oxygen atoms in total. The first-order valence-corrected chi connectivity index (χ1v) is 14.6. The van der Waals surface area contributed by atoms with Gasteiger partial charge in [-0.15, -0.1) is 13.2 Å². The van der Waals surface area contributed by atoms with Gasteiger partial charge in [-0.1, -0.05) is 12.8 Å². The molecule has 0 radical (unpaired) electrons. The minimum atomic E-state index is -4.94. The minimum Gasteiger partial charge on any atom is -0.756 e. The van der Waals surface area contributed by atoms with E-state index in [9.17, 15) is 37.8 Å². The van der Waals surface area contributed by atoms with E-state index in [4.69, 9.17) is 19.6 Å². The van der Waals surface area contributed by atoms with E-state index < -0.39 is 55.7 Å². The van der Waals surface area contributed by atoms with Gasteiger partial charge >= 0.3 is 0 Å². The minimum absolute atomic E-state index is 0.234. The highest BCUT2D eigenvalue weighted by molar-refractivity contribution is 7.45. The molecule has 4 N–H and O–H groups in total. The van der Waals surface area contributed by atoms with Crippen molar-refractivity contribution < 1.29 is 75.5 Å². The average molecular weight is 550 g/mol. The molecule has 0 heterocycles. The van der Waals surface area contributed by atoms with Gasteiger partial charge < -0.3 is 57.2 Å². The molecule has 0 aliphatic heterocycles. The SMILES string of the molecule is C=C.C[C@H](OP(=O)([O-])O)[C@@H](C)OP(=O)([O-])O.O=P([O-])(O)OC1CCCCC1OP(=O)([O-])O. The van der Waals surface area contributed by atoms with E-state index in [-0.39, 0.29) is 12.8 Å². The lowest BCUT2D eigenvalue weighted by atomic mass is 9.95. The van der Waals surface area contributed by atoms with Gasteiger partial charge in [0.25, 0.3) is 31.3 Å². The second-order valence-electron chi connectivity index (χ2n) is 6.07. The second kappa shape index (κ2) is 14.6. The molecular weight excluding hydrogens is 524 g/mol. The first kappa shape index (κ1) is 34.3. The normalized spacial score (nSPS) is 27.9. The zero-order valence-corrected chi connectivity index (χ0v) is 20.6. The van der Waals surface area contributed by atoms with Gasteiger partial charge in [0, 0.05) is 0 Å². The Balaban J connectivity index is 0. The zero-order valence-electron chi connectivity index (χ0n) is 17.0. The van der Waals surface area contributed by atoms with Crippen LogP contribution in [0.15, 0.2) is 13.2 Å². The maximum atomic E-state index is 10.5. The molecule has 0 aromatic heterocycles. The Morgan fingerprint density at radius 2 is 0.938 bits per heavy atom. The van der Waals surface area contributed by atoms with Crippen LogP contribution in [0.2, 0.25) is 0 Å². The predicted octanol–water partition coefficient (Wildman–Crippen LogP) is -1.23. The predicted molar refractivity (Wildman–Crippen MR) is 99.9 cm³/mol. The molecule has 1 aliphatic carbocycles. The molecule has 6 unspecified atom stereocenters. The molecule has 0 saturated heterocycles. The summed E-state index contributed by atoms with van der Waals surface area (Å²) in [4.78, 5) is 74.9. The lowest BCUT2D eigenvalue weighted by Crippen LogP contribution is -2.35. The summed E-state index contributed by atoms with van der Waals surface area (Å²) in [6, 6.07) is 0. The van der Waals surface area contributed by atoms with Crippen molar-refractivity contribution in [3.05, 3.63) is 13.2 Å². The van der Waals surface area contributed by atoms with Gasteiger partial charge in [0.1, 0.15) is 0 Å². The van der Waals surface area contributed by atoms with Crippen LogP contribution in [0.3, 0.4) is 0 Å². The summed E-state index contributed by atoms with van der Waals surface area (Å²) in [5, 5.41) is 0. The van der Waals surface area contributed by atoms with E-state index in [1.807, 2.05) is 0 Å². The van der Waals surface area contributed by atoms with E-state index in [1.165, 1.54) is 0 Å². The average Bonchev–Trinajstić information content (AvgIpc) is 2.53. The highest BCUT2D eigenvalue weighted by Crippen LogP contribution is 2.43. The third-order valence-electron chi connectivity index (χ3n) is 3.44. The summed E-state index contributed by atoms with van der Waals surface area (Å²) >= 11 is 0. The highest BCUT2D eigenvalue weighted by Gasteiger charge is 2.31. The maximum Gasteiger partial charge on any atom is 0.265 e. The zero-order chi connectivity index (χ0) is 26.0. The Labute approximate surface area is 184 Å². The molecule has 0 aromatic carbocycles. The molecule has 194 valence electrons. The number of hydrogen-bond donors (Lipinski definition) is 4. The Bertz CT molecular complexity index is 661. The third kappa shape index (κ3) is 20.8. The quantitative estimate of drug-likeness (QED) is 0.193. The Hall–Kier alpha value is 0.180. The molecule has 0 bridgehead atoms. The fourth-order valence-corrected chi connectivity index (χ4v) is 4.59. The van der Waals surface area contributed by atoms with Crippen molar-refractivity contribution in [2.24, 2.45) is 0 Å². The molecule has 0 aromatic rings. The van der Waals surface area contributed by atoms with Crippen LogP contribution >= 0.6 is 31.3 Å². The van der Waals surface area contributed by atoms with Crippen molar-refractivity contribution in [2.75, 3.05) is 0 Å². The molecule has 1 fully saturated rings. The van der Waals surface area contributed by atoms with Crippen molar-refractivity contribution in [1.82, 2.24) is 0 Å². The van der Waals surface area contributed by atoms with Crippen molar-refractivity contribution in [1.29, 1.82) is 0 Å². The van der Waals surface area contributed by atoms with E-state index >= 15 is 0 Å². The van der Waals surface area contributed by atoms with Gasteiger partial charge in [-0.05, 0) is 26.7 Å². The molecule has 1 aliphatic rings. The number of phosphoric acid groups is 4. The van der Waals surface area contributed by atoms with E-state index in [1.54, 1.807) is 0 Å². The van der Waals surface area contributed by atoms with E-state index in [0.29, 0.717) is 12.8 Å². The van der Waals surface area contributed by atoms with E-state index in [2.05, 4.69) is 31.3 Å². The van der Waals surface area contributed by atoms with Crippen molar-refractivity contribution in [3.63, 3.8) is 0 Å². The lowest BCUT2D eigenvalue weighted by molar-refractivity contribution is -0.240. The lowest BCUT2D eigenvalue weighted by Gasteiger charge is -2.35. The van der Waals surface area contributed by atoms with Crippen LogP contribution in [0.1, 0.15) is 39.5 Å². The van der Waals surface area contributed by atoms with Gasteiger partial charge in [0.05, 0.1) is 24.4 Å². The number of rotatable bonds is 9. The first-order chi connectivity index (χ1) is 14.2. The Morgan fingerprint density at radius 3 is 1.12 bits per heavy atom. The summed E-state index contributed by atoms with van der Waals surface area (Å²) in [5.41, 5.74) is 0. The fourth-order valence-electron chi connectivity index (χ4n) is 2.24. The summed E-state index contributed by atoms with van der Waals surface area (Å²) in [6.45, 7) is 8.31. The summed E-state index contributed by atoms with van der Waals surface area (Å²) < 4.78 is 58.0. The molecule has 20 heteroatoms. The third-order valence-corrected chi connectivity index (χ3v) is 5.71. The monoisotopic (exact) mass is 550 g/mol. The molecular formula is C12H26O16P4-4. The van der Waals surface area contributed by atoms with Crippen LogP contribution in [0, 0.1) is 0 Å². The summed E-state index contributed by atoms with van der Waals surface area (Å²) in [5.74, 6) is 0. The smallest absolute Gasteiger partial charge is 0.265 e. The van der Waals surface area contributed by atoms with Crippen LogP contribution in [0.4, 0.5) is 0 Å². The molecule has 8 atom stereocenters. The Morgan fingerprint density at radius 1 is 0.688 bits per heavy atom.